The molecule has 3 aromatic rings. The second-order valence-corrected chi connectivity index (χ2v) is 6.79. The molecule has 0 aliphatic rings. The molecule has 0 spiro atoms. The Kier molecular flexibility index (Phi) is 6.05. The van der Waals surface area contributed by atoms with E-state index in [4.69, 9.17) is 4.98 Å². The number of nitrogens with zero attached hydrogens (tertiary/aromatic N) is 2. The summed E-state index contributed by atoms with van der Waals surface area (Å²) in [7, 11) is 0. The first-order valence-electron chi connectivity index (χ1n) is 9.43. The monoisotopic (exact) mass is 349 g/mol. The summed E-state index contributed by atoms with van der Waals surface area (Å²) in [5, 5.41) is 2.99. The standard InChI is InChI=1S/C22H27N3O/c1-3-7-22(26)23-15-6-10-21-24-19-8-4-5-9-20(19)25(21)16-18-13-11-17(2)12-14-18/h4-5,8-9,11-14H,3,6-7,10,15-16H2,1-2H3,(H,23,26). The van der Waals surface area contributed by atoms with Gasteiger partial charge in [-0.2, -0.15) is 0 Å². The molecule has 3 rings (SSSR count). The Balaban J connectivity index is 1.74. The quantitative estimate of drug-likeness (QED) is 0.618. The summed E-state index contributed by atoms with van der Waals surface area (Å²) >= 11 is 0. The molecule has 0 aliphatic carbocycles. The van der Waals surface area contributed by atoms with E-state index in [0.717, 1.165) is 42.7 Å². The lowest BCUT2D eigenvalue weighted by molar-refractivity contribution is -0.121. The third kappa shape index (κ3) is 4.51. The SMILES string of the molecule is CCCC(=O)NCCCc1nc2ccccc2n1Cc1ccc(C)cc1. The van der Waals surface area contributed by atoms with E-state index in [9.17, 15) is 4.79 Å². The average molecular weight is 349 g/mol. The molecule has 4 heteroatoms. The van der Waals surface area contributed by atoms with Crippen LogP contribution in [0.25, 0.3) is 11.0 Å². The van der Waals surface area contributed by atoms with Gasteiger partial charge in [0.25, 0.3) is 0 Å². The number of carbonyl (C=O) groups is 1. The highest BCUT2D eigenvalue weighted by Crippen LogP contribution is 2.19. The Morgan fingerprint density at radius 3 is 2.65 bits per heavy atom. The van der Waals surface area contributed by atoms with E-state index in [1.54, 1.807) is 0 Å². The third-order valence-corrected chi connectivity index (χ3v) is 4.57. The van der Waals surface area contributed by atoms with Crippen molar-refractivity contribution in [1.29, 1.82) is 0 Å². The highest BCUT2D eigenvalue weighted by Gasteiger charge is 2.11. The van der Waals surface area contributed by atoms with Crippen LogP contribution >= 0.6 is 0 Å². The smallest absolute Gasteiger partial charge is 0.219 e. The molecule has 1 amide bonds. The zero-order valence-corrected chi connectivity index (χ0v) is 15.7. The van der Waals surface area contributed by atoms with Crippen molar-refractivity contribution in [1.82, 2.24) is 14.9 Å². The van der Waals surface area contributed by atoms with E-state index in [2.05, 4.69) is 59.3 Å². The van der Waals surface area contributed by atoms with Crippen LogP contribution in [-0.4, -0.2) is 22.0 Å². The van der Waals surface area contributed by atoms with Crippen LogP contribution in [0.3, 0.4) is 0 Å². The maximum absolute atomic E-state index is 11.6. The van der Waals surface area contributed by atoms with Crippen molar-refractivity contribution in [3.63, 3.8) is 0 Å². The van der Waals surface area contributed by atoms with Crippen LogP contribution in [0, 0.1) is 6.92 Å². The molecule has 0 unspecified atom stereocenters. The first kappa shape index (κ1) is 18.2. The lowest BCUT2D eigenvalue weighted by atomic mass is 10.1. The van der Waals surface area contributed by atoms with E-state index in [1.165, 1.54) is 11.1 Å². The summed E-state index contributed by atoms with van der Waals surface area (Å²) in [5.74, 6) is 1.22. The van der Waals surface area contributed by atoms with Gasteiger partial charge in [-0.1, -0.05) is 48.9 Å². The molecule has 0 saturated carbocycles. The highest BCUT2D eigenvalue weighted by molar-refractivity contribution is 5.76. The number of rotatable bonds is 8. The number of amides is 1. The fourth-order valence-corrected chi connectivity index (χ4v) is 3.16. The van der Waals surface area contributed by atoms with Crippen LogP contribution in [0.4, 0.5) is 0 Å². The summed E-state index contributed by atoms with van der Waals surface area (Å²) in [5.41, 5.74) is 4.74. The number of hydrogen-bond donors (Lipinski definition) is 1. The van der Waals surface area contributed by atoms with Crippen molar-refractivity contribution in [3.05, 3.63) is 65.5 Å². The maximum Gasteiger partial charge on any atom is 0.219 e. The van der Waals surface area contributed by atoms with Gasteiger partial charge in [0.05, 0.1) is 11.0 Å². The summed E-state index contributed by atoms with van der Waals surface area (Å²) in [6.45, 7) is 5.65. The van der Waals surface area contributed by atoms with E-state index >= 15 is 0 Å². The molecule has 0 aliphatic heterocycles. The number of aromatic nitrogens is 2. The molecule has 0 fully saturated rings. The van der Waals surface area contributed by atoms with Gasteiger partial charge in [0.15, 0.2) is 0 Å². The Bertz CT molecular complexity index is 865. The van der Waals surface area contributed by atoms with Crippen molar-refractivity contribution < 1.29 is 4.79 Å². The van der Waals surface area contributed by atoms with E-state index in [-0.39, 0.29) is 5.91 Å². The third-order valence-electron chi connectivity index (χ3n) is 4.57. The van der Waals surface area contributed by atoms with Gasteiger partial charge in [-0.25, -0.2) is 4.98 Å². The van der Waals surface area contributed by atoms with Gasteiger partial charge < -0.3 is 9.88 Å². The van der Waals surface area contributed by atoms with Crippen LogP contribution in [0.5, 0.6) is 0 Å². The molecule has 26 heavy (non-hydrogen) atoms. The molecule has 1 N–H and O–H groups in total. The number of aryl methyl sites for hydroxylation is 2. The first-order valence-corrected chi connectivity index (χ1v) is 9.43. The summed E-state index contributed by atoms with van der Waals surface area (Å²) in [6.07, 6.45) is 3.24. The van der Waals surface area contributed by atoms with Gasteiger partial charge in [-0.15, -0.1) is 0 Å². The molecule has 0 bridgehead atoms. The Hall–Kier alpha value is -2.62. The zero-order valence-electron chi connectivity index (χ0n) is 15.7. The van der Waals surface area contributed by atoms with Gasteiger partial charge in [-0.3, -0.25) is 4.79 Å². The number of benzene rings is 2. The molecule has 4 nitrogen and oxygen atoms in total. The number of carbonyl (C=O) groups excluding carboxylic acids is 1. The number of hydrogen-bond acceptors (Lipinski definition) is 2. The van der Waals surface area contributed by atoms with Gasteiger partial charge >= 0.3 is 0 Å². The summed E-state index contributed by atoms with van der Waals surface area (Å²) in [6, 6.07) is 16.9. The van der Waals surface area contributed by atoms with Crippen LogP contribution in [-0.2, 0) is 17.8 Å². The second-order valence-electron chi connectivity index (χ2n) is 6.79. The van der Waals surface area contributed by atoms with E-state index in [0.29, 0.717) is 13.0 Å². The van der Waals surface area contributed by atoms with Crippen molar-refractivity contribution in [2.24, 2.45) is 0 Å². The minimum Gasteiger partial charge on any atom is -0.356 e. The molecular formula is C22H27N3O. The lowest BCUT2D eigenvalue weighted by Gasteiger charge is -2.10. The molecule has 0 radical (unpaired) electrons. The largest absolute Gasteiger partial charge is 0.356 e. The predicted molar refractivity (Wildman–Crippen MR) is 106 cm³/mol. The van der Waals surface area contributed by atoms with E-state index < -0.39 is 0 Å². The normalized spacial score (nSPS) is 11.0. The van der Waals surface area contributed by atoms with Crippen LogP contribution in [0.2, 0.25) is 0 Å². The van der Waals surface area contributed by atoms with E-state index in [1.807, 2.05) is 13.0 Å². The van der Waals surface area contributed by atoms with Crippen molar-refractivity contribution in [2.45, 2.75) is 46.1 Å². The fraction of sp³-hybridized carbons (Fsp3) is 0.364. The van der Waals surface area contributed by atoms with Crippen LogP contribution in [0.15, 0.2) is 48.5 Å². The average Bonchev–Trinajstić information content (AvgIpc) is 2.98. The number of nitrogens with one attached hydrogen (secondary N) is 1. The van der Waals surface area contributed by atoms with Crippen molar-refractivity contribution >= 4 is 16.9 Å². The molecule has 2 aromatic carbocycles. The molecule has 1 aromatic heterocycles. The first-order chi connectivity index (χ1) is 12.7. The summed E-state index contributed by atoms with van der Waals surface area (Å²) in [4.78, 5) is 16.4. The fourth-order valence-electron chi connectivity index (χ4n) is 3.16. The molecule has 0 atom stereocenters. The molecule has 0 saturated heterocycles. The van der Waals surface area contributed by atoms with Crippen molar-refractivity contribution in [3.8, 4) is 0 Å². The maximum atomic E-state index is 11.6. The topological polar surface area (TPSA) is 46.9 Å². The van der Waals surface area contributed by atoms with Gasteiger partial charge in [0.2, 0.25) is 5.91 Å². The van der Waals surface area contributed by atoms with Crippen molar-refractivity contribution in [2.75, 3.05) is 6.54 Å². The Morgan fingerprint density at radius 1 is 1.12 bits per heavy atom. The van der Waals surface area contributed by atoms with Gasteiger partial charge in [-0.05, 0) is 37.5 Å². The molecular weight excluding hydrogens is 322 g/mol. The minimum absolute atomic E-state index is 0.139. The number of imidazole rings is 1. The van der Waals surface area contributed by atoms with Gasteiger partial charge in [0.1, 0.15) is 5.82 Å². The number of fused-ring (bicyclic) bond motifs is 1. The van der Waals surface area contributed by atoms with Gasteiger partial charge in [0, 0.05) is 25.9 Å². The minimum atomic E-state index is 0.139. The Morgan fingerprint density at radius 2 is 1.88 bits per heavy atom. The Labute approximate surface area is 155 Å². The highest BCUT2D eigenvalue weighted by atomic mass is 16.1. The zero-order chi connectivity index (χ0) is 18.4. The summed E-state index contributed by atoms with van der Waals surface area (Å²) < 4.78 is 2.30. The van der Waals surface area contributed by atoms with Crippen LogP contribution in [0.1, 0.15) is 43.1 Å². The lowest BCUT2D eigenvalue weighted by Crippen LogP contribution is -2.24. The number of para-hydroxylation sites is 2. The van der Waals surface area contributed by atoms with Crippen LogP contribution < -0.4 is 5.32 Å². The predicted octanol–water partition coefficient (Wildman–Crippen LogP) is 4.24. The second kappa shape index (κ2) is 8.65. The molecule has 1 heterocycles. The molecule has 136 valence electrons.